The minimum atomic E-state index is -5.24. The van der Waals surface area contributed by atoms with Gasteiger partial charge in [-0.1, -0.05) is 170 Å². The third-order valence-electron chi connectivity index (χ3n) is 13.5. The molecule has 4 aliphatic heterocycles. The number of fused-ring (bicyclic) bond motifs is 4. The van der Waals surface area contributed by atoms with Crippen molar-refractivity contribution in [3.05, 3.63) is 277 Å². The lowest BCUT2D eigenvalue weighted by Crippen LogP contribution is -2.33. The van der Waals surface area contributed by atoms with Crippen molar-refractivity contribution in [3.8, 4) is 29.1 Å². The summed E-state index contributed by atoms with van der Waals surface area (Å²) in [5.41, 5.74) is 2.88. The topological polar surface area (TPSA) is 73.7 Å². The van der Waals surface area contributed by atoms with Crippen LogP contribution in [0.4, 0.5) is 58.7 Å². The molecule has 0 fully saturated rings. The monoisotopic (exact) mass is 999 g/mol. The molecular formula is C64H40F3N5O4. The second-order valence-electron chi connectivity index (χ2n) is 17.9. The van der Waals surface area contributed by atoms with Crippen LogP contribution in [0.2, 0.25) is 0 Å². The van der Waals surface area contributed by atoms with Crippen LogP contribution in [-0.2, 0) is 6.18 Å². The zero-order valence-electron chi connectivity index (χ0n) is 40.1. The lowest BCUT2D eigenvalue weighted by molar-refractivity contribution is -0.136. The summed E-state index contributed by atoms with van der Waals surface area (Å²) < 4.78 is 80.3. The smallest absolute Gasteiger partial charge is 0.420 e. The molecule has 0 aromatic heterocycles. The molecule has 0 radical (unpaired) electrons. The van der Waals surface area contributed by atoms with Gasteiger partial charge < -0.3 is 33.6 Å². The minimum absolute atomic E-state index is 0.0256. The number of benzene rings is 9. The summed E-state index contributed by atoms with van der Waals surface area (Å²) in [4.78, 5) is 6.79. The fourth-order valence-corrected chi connectivity index (χ4v) is 10.3. The van der Waals surface area contributed by atoms with Crippen LogP contribution in [0.5, 0.6) is 23.0 Å². The molecule has 12 heteroatoms. The van der Waals surface area contributed by atoms with Crippen molar-refractivity contribution in [1.82, 2.24) is 0 Å². The van der Waals surface area contributed by atoms with Gasteiger partial charge in [0.15, 0.2) is 23.0 Å². The molecule has 13 rings (SSSR count). The third-order valence-corrected chi connectivity index (χ3v) is 13.5. The largest absolute Gasteiger partial charge is 0.461 e. The number of hydrogen-bond acceptors (Lipinski definition) is 9. The minimum Gasteiger partial charge on any atom is -0.461 e. The molecule has 0 amide bonds. The van der Waals surface area contributed by atoms with Crippen LogP contribution in [0.1, 0.15) is 33.4 Å². The van der Waals surface area contributed by atoms with Gasteiger partial charge in [0.2, 0.25) is 0 Å². The molecule has 0 aliphatic carbocycles. The SMILES string of the molecule is N#Cc1c(N2C(c3ccccc3)=COc3ccccc32)c(N2C(c3ccccc3)=COc3ccccc32)c(N2C(c3ccccc3)=COc3ccccc32)c(C(F)(F)F)c1N1C(c2ccccc2)=COc2ccccc21. The van der Waals surface area contributed by atoms with Gasteiger partial charge in [-0.2, -0.15) is 18.4 Å². The quantitative estimate of drug-likeness (QED) is 0.148. The summed E-state index contributed by atoms with van der Waals surface area (Å²) in [5, 5.41) is 12.5. The molecule has 0 saturated heterocycles. The average Bonchev–Trinajstić information content (AvgIpc) is 3.55. The normalized spacial score (nSPS) is 14.3. The maximum absolute atomic E-state index is 18.2. The Hall–Kier alpha value is -10.4. The Morgan fingerprint density at radius 2 is 0.579 bits per heavy atom. The van der Waals surface area contributed by atoms with Crippen LogP contribution in [0, 0.1) is 11.3 Å². The number of hydrogen-bond donors (Lipinski definition) is 0. The number of rotatable bonds is 8. The summed E-state index contributed by atoms with van der Waals surface area (Å²) in [6, 6.07) is 67.8. The maximum Gasteiger partial charge on any atom is 0.420 e. The first kappa shape index (κ1) is 45.5. The Labute approximate surface area is 435 Å². The van der Waals surface area contributed by atoms with Crippen LogP contribution in [0.3, 0.4) is 0 Å². The van der Waals surface area contributed by atoms with E-state index in [0.717, 1.165) is 0 Å². The van der Waals surface area contributed by atoms with E-state index < -0.39 is 17.4 Å². The van der Waals surface area contributed by atoms with Gasteiger partial charge in [0.25, 0.3) is 0 Å². The fraction of sp³-hybridized carbons (Fsp3) is 0.0156. The van der Waals surface area contributed by atoms with Crippen molar-refractivity contribution in [1.29, 1.82) is 5.26 Å². The first-order valence-electron chi connectivity index (χ1n) is 24.3. The van der Waals surface area contributed by atoms with Gasteiger partial charge in [-0.25, -0.2) is 0 Å². The van der Waals surface area contributed by atoms with E-state index in [4.69, 9.17) is 18.9 Å². The lowest BCUT2D eigenvalue weighted by Gasteiger charge is -2.45. The number of nitriles is 1. The predicted octanol–water partition coefficient (Wildman–Crippen LogP) is 16.7. The molecule has 0 saturated carbocycles. The Bertz CT molecular complexity index is 3910. The standard InChI is InChI=1S/C64H40F3N5O4/c65-64(66,67)59-60(69-47-29-13-17-33-55(47)73-38-51(69)42-21-5-1-6-22-42)46(37-68)61(70-48-30-14-18-34-56(48)74-39-52(70)43-23-7-2-8-24-43)63(72-50-32-16-20-36-58(50)76-41-54(72)45-27-11-4-12-28-45)62(59)71-49-31-15-19-35-57(49)75-40-53(71)44-25-9-3-10-26-44/h1-36,38-41H. The molecule has 4 aliphatic rings. The number of para-hydroxylation sites is 8. The Morgan fingerprint density at radius 3 is 0.882 bits per heavy atom. The number of halogens is 3. The van der Waals surface area contributed by atoms with E-state index in [2.05, 4.69) is 6.07 Å². The first-order chi connectivity index (χ1) is 37.4. The van der Waals surface area contributed by atoms with Crippen molar-refractivity contribution in [3.63, 3.8) is 0 Å². The number of ether oxygens (including phenoxy) is 4. The van der Waals surface area contributed by atoms with Crippen LogP contribution in [0.15, 0.2) is 243 Å². The van der Waals surface area contributed by atoms with Gasteiger partial charge in [-0.05, 0) is 48.5 Å². The lowest BCUT2D eigenvalue weighted by atomic mass is 9.91. The summed E-state index contributed by atoms with van der Waals surface area (Å²) in [7, 11) is 0. The van der Waals surface area contributed by atoms with Gasteiger partial charge in [0.1, 0.15) is 42.2 Å². The van der Waals surface area contributed by atoms with Gasteiger partial charge >= 0.3 is 6.18 Å². The Kier molecular flexibility index (Phi) is 11.1. The number of nitrogens with zero attached hydrogens (tertiary/aromatic N) is 5. The summed E-state index contributed by atoms with van der Waals surface area (Å²) in [5.74, 6) is 1.31. The Morgan fingerprint density at radius 1 is 0.316 bits per heavy atom. The van der Waals surface area contributed by atoms with Gasteiger partial charge in [-0.15, -0.1) is 0 Å². The molecule has 9 nitrogen and oxygen atoms in total. The van der Waals surface area contributed by atoms with Crippen LogP contribution in [0.25, 0.3) is 22.8 Å². The van der Waals surface area contributed by atoms with Crippen LogP contribution in [-0.4, -0.2) is 0 Å². The molecule has 0 atom stereocenters. The van der Waals surface area contributed by atoms with Crippen LogP contribution < -0.4 is 38.5 Å². The molecule has 0 spiro atoms. The van der Waals surface area contributed by atoms with E-state index in [1.54, 1.807) is 113 Å². The highest BCUT2D eigenvalue weighted by molar-refractivity contribution is 6.15. The maximum atomic E-state index is 18.2. The highest BCUT2D eigenvalue weighted by Crippen LogP contribution is 2.65. The number of anilines is 8. The molecule has 9 aromatic rings. The first-order valence-corrected chi connectivity index (χ1v) is 24.3. The van der Waals surface area contributed by atoms with E-state index in [1.807, 2.05) is 132 Å². The molecular weight excluding hydrogens is 960 g/mol. The zero-order chi connectivity index (χ0) is 51.3. The van der Waals surface area contributed by atoms with E-state index >= 15 is 13.2 Å². The Balaban J connectivity index is 1.31. The molecule has 0 N–H and O–H groups in total. The summed E-state index contributed by atoms with van der Waals surface area (Å²) >= 11 is 0. The fourth-order valence-electron chi connectivity index (χ4n) is 10.3. The molecule has 4 heterocycles. The summed E-state index contributed by atoms with van der Waals surface area (Å²) in [6.07, 6.45) is 0.824. The molecule has 0 unspecified atom stereocenters. The van der Waals surface area contributed by atoms with E-state index in [9.17, 15) is 5.26 Å². The molecule has 76 heavy (non-hydrogen) atoms. The summed E-state index contributed by atoms with van der Waals surface area (Å²) in [6.45, 7) is 0. The van der Waals surface area contributed by atoms with Crippen molar-refractivity contribution in [2.24, 2.45) is 0 Å². The zero-order valence-corrected chi connectivity index (χ0v) is 40.1. The highest BCUT2D eigenvalue weighted by atomic mass is 19.4. The van der Waals surface area contributed by atoms with Crippen molar-refractivity contribution < 1.29 is 32.1 Å². The molecule has 0 bridgehead atoms. The molecule has 9 aromatic carbocycles. The van der Waals surface area contributed by atoms with Gasteiger partial charge in [0, 0.05) is 22.3 Å². The van der Waals surface area contributed by atoms with Crippen molar-refractivity contribution >= 4 is 68.3 Å². The van der Waals surface area contributed by atoms with Crippen LogP contribution >= 0.6 is 0 Å². The second-order valence-corrected chi connectivity index (χ2v) is 17.9. The predicted molar refractivity (Wildman–Crippen MR) is 291 cm³/mol. The van der Waals surface area contributed by atoms with Crippen molar-refractivity contribution in [2.75, 3.05) is 19.6 Å². The van der Waals surface area contributed by atoms with E-state index in [-0.39, 0.29) is 51.2 Å². The average molecular weight is 1000 g/mol. The van der Waals surface area contributed by atoms with E-state index in [1.165, 1.54) is 17.4 Å². The van der Waals surface area contributed by atoms with Crippen molar-refractivity contribution in [2.45, 2.75) is 6.18 Å². The number of alkyl halides is 3. The highest BCUT2D eigenvalue weighted by Gasteiger charge is 2.50. The second kappa shape index (κ2) is 18.6. The van der Waals surface area contributed by atoms with Gasteiger partial charge in [0.05, 0.1) is 68.3 Å². The van der Waals surface area contributed by atoms with Gasteiger partial charge in [-0.3, -0.25) is 4.90 Å². The van der Waals surface area contributed by atoms with E-state index in [0.29, 0.717) is 62.2 Å². The molecule has 366 valence electrons. The third kappa shape index (κ3) is 7.56.